The van der Waals surface area contributed by atoms with Crippen LogP contribution in [0, 0.1) is 10.1 Å². The van der Waals surface area contributed by atoms with Crippen molar-refractivity contribution in [2.24, 2.45) is 0 Å². The van der Waals surface area contributed by atoms with Gasteiger partial charge in [0.05, 0.1) is 10.5 Å². The standard InChI is InChI=1S/C15H11NO5/c1-15(14(17)12-4-2-3-5-13(12)21-15)20-11-8-6-10(7-9-11)16(18)19/h2-9H,1H3. The summed E-state index contributed by atoms with van der Waals surface area (Å²) in [6, 6.07) is 12.4. The summed E-state index contributed by atoms with van der Waals surface area (Å²) in [7, 11) is 0. The van der Waals surface area contributed by atoms with Gasteiger partial charge in [-0.25, -0.2) is 0 Å². The Morgan fingerprint density at radius 3 is 2.43 bits per heavy atom. The van der Waals surface area contributed by atoms with Crippen LogP contribution in [0.1, 0.15) is 17.3 Å². The summed E-state index contributed by atoms with van der Waals surface area (Å²) >= 11 is 0. The van der Waals surface area contributed by atoms with Gasteiger partial charge in [0.25, 0.3) is 5.69 Å². The summed E-state index contributed by atoms with van der Waals surface area (Å²) in [4.78, 5) is 22.4. The molecule has 1 aliphatic rings. The minimum atomic E-state index is -1.46. The summed E-state index contributed by atoms with van der Waals surface area (Å²) in [6.45, 7) is 1.52. The SMILES string of the molecule is CC1(Oc2ccc([N+](=O)[O-])cc2)Oc2ccccc2C1=O. The fourth-order valence-electron chi connectivity index (χ4n) is 2.17. The molecule has 21 heavy (non-hydrogen) atoms. The Morgan fingerprint density at radius 1 is 1.14 bits per heavy atom. The molecule has 0 fully saturated rings. The van der Waals surface area contributed by atoms with Crippen LogP contribution in [0.2, 0.25) is 0 Å². The van der Waals surface area contributed by atoms with Crippen LogP contribution < -0.4 is 9.47 Å². The zero-order valence-corrected chi connectivity index (χ0v) is 11.1. The van der Waals surface area contributed by atoms with E-state index in [1.54, 1.807) is 24.3 Å². The number of hydrogen-bond acceptors (Lipinski definition) is 5. The van der Waals surface area contributed by atoms with Gasteiger partial charge >= 0.3 is 5.79 Å². The maximum atomic E-state index is 12.3. The number of fused-ring (bicyclic) bond motifs is 1. The van der Waals surface area contributed by atoms with Crippen molar-refractivity contribution in [1.29, 1.82) is 0 Å². The van der Waals surface area contributed by atoms with Crippen molar-refractivity contribution in [2.75, 3.05) is 0 Å². The molecule has 6 heteroatoms. The second-order valence-corrected chi connectivity index (χ2v) is 4.73. The lowest BCUT2D eigenvalue weighted by Gasteiger charge is -2.23. The van der Waals surface area contributed by atoms with Crippen molar-refractivity contribution < 1.29 is 19.2 Å². The lowest BCUT2D eigenvalue weighted by molar-refractivity contribution is -0.384. The fraction of sp³-hybridized carbons (Fsp3) is 0.133. The second kappa shape index (κ2) is 4.59. The van der Waals surface area contributed by atoms with Crippen molar-refractivity contribution in [3.8, 4) is 11.5 Å². The molecule has 106 valence electrons. The van der Waals surface area contributed by atoms with Gasteiger partial charge in [-0.1, -0.05) is 12.1 Å². The minimum absolute atomic E-state index is 0.0468. The number of nitro benzene ring substituents is 1. The maximum absolute atomic E-state index is 12.3. The molecule has 1 unspecified atom stereocenters. The van der Waals surface area contributed by atoms with Gasteiger partial charge < -0.3 is 9.47 Å². The average Bonchev–Trinajstić information content (AvgIpc) is 2.71. The number of non-ortho nitro benzene ring substituents is 1. The molecular weight excluding hydrogens is 274 g/mol. The highest BCUT2D eigenvalue weighted by molar-refractivity contribution is 6.06. The van der Waals surface area contributed by atoms with E-state index in [1.165, 1.54) is 31.2 Å². The molecule has 0 aromatic heterocycles. The number of hydrogen-bond donors (Lipinski definition) is 0. The molecule has 1 aliphatic heterocycles. The van der Waals surface area contributed by atoms with E-state index in [0.29, 0.717) is 17.1 Å². The zero-order valence-electron chi connectivity index (χ0n) is 11.1. The second-order valence-electron chi connectivity index (χ2n) is 4.73. The van der Waals surface area contributed by atoms with Crippen molar-refractivity contribution in [2.45, 2.75) is 12.7 Å². The average molecular weight is 285 g/mol. The number of ether oxygens (including phenoxy) is 2. The predicted octanol–water partition coefficient (Wildman–Crippen LogP) is 2.97. The third kappa shape index (κ3) is 2.20. The van der Waals surface area contributed by atoms with E-state index in [2.05, 4.69) is 0 Å². The first-order chi connectivity index (χ1) is 9.99. The molecule has 0 amide bonds. The number of nitro groups is 1. The Kier molecular flexibility index (Phi) is 2.86. The van der Waals surface area contributed by atoms with Gasteiger partial charge in [0.1, 0.15) is 11.5 Å². The smallest absolute Gasteiger partial charge is 0.313 e. The fourth-order valence-corrected chi connectivity index (χ4v) is 2.17. The number of carbonyl (C=O) groups is 1. The van der Waals surface area contributed by atoms with Gasteiger partial charge in [0.2, 0.25) is 5.78 Å². The minimum Gasteiger partial charge on any atom is -0.446 e. The number of rotatable bonds is 3. The number of nitrogens with zero attached hydrogens (tertiary/aromatic N) is 1. The molecule has 0 N–H and O–H groups in total. The van der Waals surface area contributed by atoms with Crippen LogP contribution in [0.25, 0.3) is 0 Å². The number of ketones is 1. The van der Waals surface area contributed by atoms with E-state index in [4.69, 9.17) is 9.47 Å². The normalized spacial score (nSPS) is 19.8. The third-order valence-corrected chi connectivity index (χ3v) is 3.21. The number of carbonyl (C=O) groups excluding carboxylic acids is 1. The van der Waals surface area contributed by atoms with E-state index < -0.39 is 10.7 Å². The summed E-state index contributed by atoms with van der Waals surface area (Å²) in [5.41, 5.74) is 0.413. The molecule has 2 aromatic carbocycles. The third-order valence-electron chi connectivity index (χ3n) is 3.21. The molecule has 0 saturated heterocycles. The monoisotopic (exact) mass is 285 g/mol. The molecule has 1 heterocycles. The first-order valence-electron chi connectivity index (χ1n) is 6.26. The first-order valence-corrected chi connectivity index (χ1v) is 6.26. The Balaban J connectivity index is 1.85. The predicted molar refractivity (Wildman–Crippen MR) is 73.5 cm³/mol. The molecular formula is C15H11NO5. The Bertz CT molecular complexity index is 725. The van der Waals surface area contributed by atoms with Gasteiger partial charge in [-0.05, 0) is 24.3 Å². The van der Waals surface area contributed by atoms with Crippen LogP contribution in [0.3, 0.4) is 0 Å². The van der Waals surface area contributed by atoms with Gasteiger partial charge in [0, 0.05) is 19.1 Å². The van der Waals surface area contributed by atoms with Crippen molar-refractivity contribution >= 4 is 11.5 Å². The molecule has 0 radical (unpaired) electrons. The largest absolute Gasteiger partial charge is 0.446 e. The van der Waals surface area contributed by atoms with E-state index in [9.17, 15) is 14.9 Å². The van der Waals surface area contributed by atoms with Crippen LogP contribution >= 0.6 is 0 Å². The molecule has 0 bridgehead atoms. The number of para-hydroxylation sites is 1. The van der Waals surface area contributed by atoms with Gasteiger partial charge in [-0.3, -0.25) is 14.9 Å². The van der Waals surface area contributed by atoms with Gasteiger partial charge in [-0.15, -0.1) is 0 Å². The maximum Gasteiger partial charge on any atom is 0.313 e. The molecule has 0 saturated carbocycles. The number of Topliss-reactive ketones (excluding diaryl/α,β-unsaturated/α-hetero) is 1. The van der Waals surface area contributed by atoms with E-state index in [-0.39, 0.29) is 11.5 Å². The van der Waals surface area contributed by atoms with Crippen LogP contribution in [0.4, 0.5) is 5.69 Å². The van der Waals surface area contributed by atoms with Gasteiger partial charge in [-0.2, -0.15) is 0 Å². The first kappa shape index (κ1) is 13.1. The van der Waals surface area contributed by atoms with E-state index in [0.717, 1.165) is 0 Å². The zero-order chi connectivity index (χ0) is 15.0. The van der Waals surface area contributed by atoms with E-state index >= 15 is 0 Å². The quantitative estimate of drug-likeness (QED) is 0.640. The highest BCUT2D eigenvalue weighted by Gasteiger charge is 2.46. The van der Waals surface area contributed by atoms with Crippen LogP contribution in [0.15, 0.2) is 48.5 Å². The lowest BCUT2D eigenvalue weighted by Crippen LogP contribution is -2.42. The Morgan fingerprint density at radius 2 is 1.81 bits per heavy atom. The molecule has 6 nitrogen and oxygen atoms in total. The Labute approximate surface area is 120 Å². The van der Waals surface area contributed by atoms with Crippen molar-refractivity contribution in [3.63, 3.8) is 0 Å². The summed E-state index contributed by atoms with van der Waals surface area (Å²) in [5.74, 6) is -0.951. The van der Waals surface area contributed by atoms with Crippen LogP contribution in [-0.4, -0.2) is 16.5 Å². The molecule has 1 atom stereocenters. The van der Waals surface area contributed by atoms with Gasteiger partial charge in [0.15, 0.2) is 0 Å². The number of benzene rings is 2. The molecule has 0 aliphatic carbocycles. The van der Waals surface area contributed by atoms with Crippen LogP contribution in [-0.2, 0) is 0 Å². The highest BCUT2D eigenvalue weighted by atomic mass is 16.7. The molecule has 2 aromatic rings. The van der Waals surface area contributed by atoms with Crippen molar-refractivity contribution in [1.82, 2.24) is 0 Å². The summed E-state index contributed by atoms with van der Waals surface area (Å²) in [5, 5.41) is 10.6. The molecule has 3 rings (SSSR count). The topological polar surface area (TPSA) is 78.7 Å². The molecule has 0 spiro atoms. The summed E-state index contributed by atoms with van der Waals surface area (Å²) in [6.07, 6.45) is 0. The Hall–Kier alpha value is -2.89. The van der Waals surface area contributed by atoms with E-state index in [1.807, 2.05) is 0 Å². The highest BCUT2D eigenvalue weighted by Crippen LogP contribution is 2.36. The lowest BCUT2D eigenvalue weighted by atomic mass is 10.1. The summed E-state index contributed by atoms with van der Waals surface area (Å²) < 4.78 is 11.2. The van der Waals surface area contributed by atoms with Crippen LogP contribution in [0.5, 0.6) is 11.5 Å². The van der Waals surface area contributed by atoms with Crippen molar-refractivity contribution in [3.05, 3.63) is 64.2 Å².